The number of hydrogen-bond donors (Lipinski definition) is 1. The quantitative estimate of drug-likeness (QED) is 0.262. The van der Waals surface area contributed by atoms with E-state index in [1.165, 1.54) is 29.5 Å². The van der Waals surface area contributed by atoms with E-state index in [0.717, 1.165) is 31.5 Å². The summed E-state index contributed by atoms with van der Waals surface area (Å²) in [4.78, 5) is 35.1. The van der Waals surface area contributed by atoms with Crippen LogP contribution in [0.4, 0.5) is 15.8 Å². The standard InChI is InChI=1S/C32H29FN4O3S/c33-24-9-4-10-26(19-24)35-32-37(21-27-11-6-18-40-27)31(39)29(41-32)23-13-15-25(16-14-23)34-30(38)28-12-5-17-36(28)20-22-7-2-1-3-8-22/h1-4,6-11,13-16,18-19,28-29H,5,12,17,20-21H2,(H,34,38)/t28-,29?/m0/s1. The lowest BCUT2D eigenvalue weighted by molar-refractivity contribution is -0.126. The number of hydrogen-bond acceptors (Lipinski definition) is 6. The van der Waals surface area contributed by atoms with Crippen LogP contribution in [0.25, 0.3) is 0 Å². The van der Waals surface area contributed by atoms with Crippen molar-refractivity contribution in [2.75, 3.05) is 11.9 Å². The molecule has 1 aromatic heterocycles. The number of carbonyl (C=O) groups excluding carboxylic acids is 2. The summed E-state index contributed by atoms with van der Waals surface area (Å²) in [6.45, 7) is 1.85. The summed E-state index contributed by atoms with van der Waals surface area (Å²) in [5, 5.41) is 3.00. The Balaban J connectivity index is 1.16. The van der Waals surface area contributed by atoms with Gasteiger partial charge >= 0.3 is 0 Å². The van der Waals surface area contributed by atoms with Gasteiger partial charge in [0, 0.05) is 12.2 Å². The van der Waals surface area contributed by atoms with Crippen molar-refractivity contribution < 1.29 is 18.4 Å². The summed E-state index contributed by atoms with van der Waals surface area (Å²) in [6.07, 6.45) is 3.37. The number of aliphatic imine (C=N–C) groups is 1. The topological polar surface area (TPSA) is 78.1 Å². The zero-order chi connectivity index (χ0) is 28.2. The summed E-state index contributed by atoms with van der Waals surface area (Å²) in [5.74, 6) is 0.0686. The molecule has 1 unspecified atom stereocenters. The molecule has 0 bridgehead atoms. The first-order valence-electron chi connectivity index (χ1n) is 13.6. The molecule has 208 valence electrons. The van der Waals surface area contributed by atoms with Gasteiger partial charge in [0.2, 0.25) is 11.8 Å². The van der Waals surface area contributed by atoms with Crippen LogP contribution in [0.3, 0.4) is 0 Å². The first-order chi connectivity index (χ1) is 20.0. The number of amidine groups is 1. The highest BCUT2D eigenvalue weighted by molar-refractivity contribution is 8.15. The zero-order valence-electron chi connectivity index (χ0n) is 22.3. The van der Waals surface area contributed by atoms with Crippen LogP contribution in [-0.4, -0.2) is 39.4 Å². The van der Waals surface area contributed by atoms with Crippen LogP contribution in [0.2, 0.25) is 0 Å². The van der Waals surface area contributed by atoms with E-state index < -0.39 is 11.1 Å². The highest BCUT2D eigenvalue weighted by Crippen LogP contribution is 2.41. The molecule has 2 aliphatic rings. The number of likely N-dealkylation sites (tertiary alicyclic amines) is 1. The van der Waals surface area contributed by atoms with Crippen molar-refractivity contribution >= 4 is 40.1 Å². The molecule has 0 radical (unpaired) electrons. The minimum absolute atomic E-state index is 0.0216. The lowest BCUT2D eigenvalue weighted by Crippen LogP contribution is -2.39. The number of thioether (sulfide) groups is 1. The fourth-order valence-corrected chi connectivity index (χ4v) is 6.38. The van der Waals surface area contributed by atoms with E-state index in [4.69, 9.17) is 4.42 Å². The third kappa shape index (κ3) is 6.26. The van der Waals surface area contributed by atoms with E-state index in [9.17, 15) is 14.0 Å². The number of halogens is 1. The van der Waals surface area contributed by atoms with Crippen molar-refractivity contribution in [2.24, 2.45) is 4.99 Å². The normalized spacial score (nSPS) is 20.2. The largest absolute Gasteiger partial charge is 0.467 e. The molecule has 2 aliphatic heterocycles. The maximum atomic E-state index is 13.8. The lowest BCUT2D eigenvalue weighted by atomic mass is 10.1. The van der Waals surface area contributed by atoms with Gasteiger partial charge in [0.05, 0.1) is 24.5 Å². The van der Waals surface area contributed by atoms with Crippen LogP contribution in [0.5, 0.6) is 0 Å². The van der Waals surface area contributed by atoms with Gasteiger partial charge in [0.15, 0.2) is 5.17 Å². The number of nitrogens with one attached hydrogen (secondary N) is 1. The van der Waals surface area contributed by atoms with Crippen LogP contribution in [0.1, 0.15) is 35.0 Å². The van der Waals surface area contributed by atoms with E-state index in [-0.39, 0.29) is 24.4 Å². The Morgan fingerprint density at radius 2 is 1.83 bits per heavy atom. The Kier molecular flexibility index (Phi) is 7.98. The van der Waals surface area contributed by atoms with E-state index in [1.807, 2.05) is 42.5 Å². The predicted octanol–water partition coefficient (Wildman–Crippen LogP) is 6.53. The average Bonchev–Trinajstić information content (AvgIpc) is 3.73. The maximum absolute atomic E-state index is 13.8. The highest BCUT2D eigenvalue weighted by Gasteiger charge is 2.39. The van der Waals surface area contributed by atoms with E-state index in [2.05, 4.69) is 27.3 Å². The van der Waals surface area contributed by atoms with Gasteiger partial charge in [-0.1, -0.05) is 60.3 Å². The maximum Gasteiger partial charge on any atom is 0.247 e. The third-order valence-corrected chi connectivity index (χ3v) is 8.48. The van der Waals surface area contributed by atoms with Gasteiger partial charge in [-0.05, 0) is 73.0 Å². The van der Waals surface area contributed by atoms with Crippen LogP contribution >= 0.6 is 11.8 Å². The highest BCUT2D eigenvalue weighted by atomic mass is 32.2. The molecule has 2 atom stereocenters. The van der Waals surface area contributed by atoms with Gasteiger partial charge in [0.25, 0.3) is 0 Å². The molecule has 2 fully saturated rings. The van der Waals surface area contributed by atoms with E-state index >= 15 is 0 Å². The van der Waals surface area contributed by atoms with Crippen molar-refractivity contribution in [1.82, 2.24) is 9.80 Å². The molecule has 7 nitrogen and oxygen atoms in total. The summed E-state index contributed by atoms with van der Waals surface area (Å²) >= 11 is 1.31. The molecule has 0 spiro atoms. The molecule has 9 heteroatoms. The number of rotatable bonds is 8. The van der Waals surface area contributed by atoms with Gasteiger partial charge < -0.3 is 9.73 Å². The molecular weight excluding hydrogens is 539 g/mol. The molecule has 0 aliphatic carbocycles. The molecule has 2 amide bonds. The number of nitrogens with zero attached hydrogens (tertiary/aromatic N) is 3. The monoisotopic (exact) mass is 568 g/mol. The van der Waals surface area contributed by atoms with Crippen molar-refractivity contribution in [3.63, 3.8) is 0 Å². The Morgan fingerprint density at radius 1 is 1.00 bits per heavy atom. The van der Waals surface area contributed by atoms with Crippen LogP contribution in [0, 0.1) is 5.82 Å². The molecule has 3 heterocycles. The first kappa shape index (κ1) is 27.0. The van der Waals surface area contributed by atoms with Gasteiger partial charge in [-0.25, -0.2) is 9.38 Å². The van der Waals surface area contributed by atoms with Gasteiger partial charge in [-0.2, -0.15) is 0 Å². The number of anilines is 1. The number of amides is 2. The smallest absolute Gasteiger partial charge is 0.247 e. The molecule has 0 saturated carbocycles. The Hall–Kier alpha value is -4.21. The fourth-order valence-electron chi connectivity index (χ4n) is 5.21. The van der Waals surface area contributed by atoms with E-state index in [0.29, 0.717) is 22.3 Å². The molecular formula is C32H29FN4O3S. The summed E-state index contributed by atoms with van der Waals surface area (Å²) < 4.78 is 19.3. The molecule has 2 saturated heterocycles. The fraction of sp³-hybridized carbons (Fsp3) is 0.219. The minimum Gasteiger partial charge on any atom is -0.467 e. The van der Waals surface area contributed by atoms with Crippen LogP contribution < -0.4 is 5.32 Å². The first-order valence-corrected chi connectivity index (χ1v) is 14.4. The van der Waals surface area contributed by atoms with Gasteiger partial charge in [-0.3, -0.25) is 19.4 Å². The Labute approximate surface area is 242 Å². The summed E-state index contributed by atoms with van der Waals surface area (Å²) in [5.41, 5.74) is 3.09. The summed E-state index contributed by atoms with van der Waals surface area (Å²) in [7, 11) is 0. The Bertz CT molecular complexity index is 1540. The lowest BCUT2D eigenvalue weighted by Gasteiger charge is -2.23. The number of furan rings is 1. The number of carbonyl (C=O) groups is 2. The van der Waals surface area contributed by atoms with Crippen LogP contribution in [0.15, 0.2) is 107 Å². The molecule has 1 N–H and O–H groups in total. The third-order valence-electron chi connectivity index (χ3n) is 7.25. The average molecular weight is 569 g/mol. The molecule has 6 rings (SSSR count). The second kappa shape index (κ2) is 12.1. The molecule has 41 heavy (non-hydrogen) atoms. The van der Waals surface area contributed by atoms with E-state index in [1.54, 1.807) is 35.4 Å². The van der Waals surface area contributed by atoms with Gasteiger partial charge in [0.1, 0.15) is 16.8 Å². The van der Waals surface area contributed by atoms with Crippen LogP contribution in [-0.2, 0) is 22.7 Å². The van der Waals surface area contributed by atoms with Crippen molar-refractivity contribution in [2.45, 2.75) is 37.2 Å². The SMILES string of the molecule is O=C(Nc1ccc(C2SC(=Nc3cccc(F)c3)N(Cc3ccco3)C2=O)cc1)[C@@H]1CCCN1Cc1ccccc1. The molecule has 3 aromatic carbocycles. The van der Waals surface area contributed by atoms with Crippen molar-refractivity contribution in [3.8, 4) is 0 Å². The summed E-state index contributed by atoms with van der Waals surface area (Å²) in [6, 6.07) is 26.9. The van der Waals surface area contributed by atoms with Crippen molar-refractivity contribution in [3.05, 3.63) is 120 Å². The van der Waals surface area contributed by atoms with Crippen molar-refractivity contribution in [1.29, 1.82) is 0 Å². The second-order valence-corrected chi connectivity index (χ2v) is 11.2. The minimum atomic E-state index is -0.529. The second-order valence-electron chi connectivity index (χ2n) is 10.1. The Morgan fingerprint density at radius 3 is 2.59 bits per heavy atom. The zero-order valence-corrected chi connectivity index (χ0v) is 23.1. The number of benzene rings is 3. The van der Waals surface area contributed by atoms with Gasteiger partial charge in [-0.15, -0.1) is 0 Å². The predicted molar refractivity (Wildman–Crippen MR) is 158 cm³/mol. The molecule has 4 aromatic rings.